The van der Waals surface area contributed by atoms with Gasteiger partial charge >= 0.3 is 12.3 Å². The van der Waals surface area contributed by atoms with E-state index in [0.29, 0.717) is 30.9 Å². The van der Waals surface area contributed by atoms with Crippen LogP contribution in [0.1, 0.15) is 56.2 Å². The number of nitrogen functional groups attached to an aromatic ring is 1. The van der Waals surface area contributed by atoms with Gasteiger partial charge in [-0.1, -0.05) is 0 Å². The minimum Gasteiger partial charge on any atom is -0.414 e. The Hall–Kier alpha value is -3.18. The van der Waals surface area contributed by atoms with Crippen LogP contribution in [0.15, 0.2) is 36.7 Å². The van der Waals surface area contributed by atoms with Crippen molar-refractivity contribution >= 4 is 44.7 Å². The van der Waals surface area contributed by atoms with E-state index in [1.54, 1.807) is 6.92 Å². The molecular weight excluding hydrogens is 503 g/mol. The van der Waals surface area contributed by atoms with Crippen LogP contribution in [-0.4, -0.2) is 46.3 Å². The molecule has 11 heteroatoms. The first-order chi connectivity index (χ1) is 17.1. The van der Waals surface area contributed by atoms with Gasteiger partial charge in [-0.2, -0.15) is 18.0 Å². The van der Waals surface area contributed by atoms with Gasteiger partial charge in [0.25, 0.3) is 0 Å². The largest absolute Gasteiger partial charge is 0.516 e. The second-order valence-corrected chi connectivity index (χ2v) is 11.6. The molecule has 0 unspecified atom stereocenters. The Kier molecular flexibility index (Phi) is 6.98. The zero-order valence-electron chi connectivity index (χ0n) is 21.4. The predicted octanol–water partition coefficient (Wildman–Crippen LogP) is 6.63. The van der Waals surface area contributed by atoms with Crippen LogP contribution < -0.4 is 11.1 Å². The summed E-state index contributed by atoms with van der Waals surface area (Å²) in [6, 6.07) is 5.05. The van der Waals surface area contributed by atoms with E-state index >= 15 is 0 Å². The third-order valence-corrected chi connectivity index (χ3v) is 7.44. The number of fused-ring (bicyclic) bond motifs is 1. The topological polar surface area (TPSA) is 90.1 Å². The summed E-state index contributed by atoms with van der Waals surface area (Å²) in [6.07, 6.45) is -0.549. The number of likely N-dealkylation sites (N-methyl/N-ethyl adjacent to an activating group) is 1. The monoisotopic (exact) mass is 534 g/mol. The molecule has 0 spiro atoms. The normalized spacial score (nSPS) is 19.4. The average molecular weight is 535 g/mol. The first kappa shape index (κ1) is 26.9. The third-order valence-electron chi connectivity index (χ3n) is 6.24. The van der Waals surface area contributed by atoms with Crippen LogP contribution >= 0.6 is 11.3 Å². The predicted molar refractivity (Wildman–Crippen MR) is 140 cm³/mol. The molecule has 7 nitrogen and oxygen atoms in total. The Labute approximate surface area is 217 Å². The highest BCUT2D eigenvalue weighted by Gasteiger charge is 2.38. The molecular formula is C26H31F3N5O2S+. The lowest BCUT2D eigenvalue weighted by atomic mass is 10.0. The number of carbonyl (C=O) groups is 1. The number of nitrogens with one attached hydrogen (secondary N) is 1. The number of ether oxygens (including phenoxy) is 1. The number of hydrogen-bond donors (Lipinski definition) is 2. The Morgan fingerprint density at radius 3 is 2.54 bits per heavy atom. The number of halogens is 3. The molecule has 3 N–H and O–H groups in total. The van der Waals surface area contributed by atoms with Gasteiger partial charge in [0.2, 0.25) is 0 Å². The first-order valence-electron chi connectivity index (χ1n) is 11.9. The quantitative estimate of drug-likeness (QED) is 0.288. The number of benzene rings is 1. The molecule has 1 aromatic carbocycles. The lowest BCUT2D eigenvalue weighted by Gasteiger charge is -2.34. The molecule has 0 saturated heterocycles. The van der Waals surface area contributed by atoms with Crippen LogP contribution in [0, 0.1) is 0 Å². The number of aromatic nitrogens is 2. The first-order valence-corrected chi connectivity index (χ1v) is 12.7. The van der Waals surface area contributed by atoms with Crippen LogP contribution in [0.5, 0.6) is 0 Å². The maximum Gasteiger partial charge on any atom is 0.516 e. The molecule has 2 atom stereocenters. The summed E-state index contributed by atoms with van der Waals surface area (Å²) in [5, 5.41) is 3.23. The van der Waals surface area contributed by atoms with Crippen LogP contribution in [0.25, 0.3) is 15.8 Å². The summed E-state index contributed by atoms with van der Waals surface area (Å²) < 4.78 is 46.4. The molecule has 0 saturated carbocycles. The number of nitrogens with zero attached hydrogens (tertiary/aromatic N) is 3. The van der Waals surface area contributed by atoms with Gasteiger partial charge in [-0.25, -0.2) is 14.5 Å². The van der Waals surface area contributed by atoms with Gasteiger partial charge < -0.3 is 15.8 Å². The van der Waals surface area contributed by atoms with Crippen molar-refractivity contribution in [2.75, 3.05) is 31.2 Å². The molecule has 1 aliphatic heterocycles. The van der Waals surface area contributed by atoms with Crippen molar-refractivity contribution < 1.29 is 27.2 Å². The van der Waals surface area contributed by atoms with Crippen LogP contribution in [0.2, 0.25) is 0 Å². The molecule has 0 radical (unpaired) electrons. The molecule has 2 aromatic heterocycles. The van der Waals surface area contributed by atoms with Crippen LogP contribution in [0.4, 0.5) is 29.5 Å². The smallest absolute Gasteiger partial charge is 0.414 e. The SMILES string of the molecule is C[C@@H](Nc1ncnc2cc(C3=CC[N@+](C)(C(=O)OC(C)(C)C)CC3)sc12)c1cc(N)cc(C(F)(F)F)c1. The summed E-state index contributed by atoms with van der Waals surface area (Å²) in [5.41, 5.74) is 6.72. The number of nitrogens with two attached hydrogens (primary N) is 1. The summed E-state index contributed by atoms with van der Waals surface area (Å²) in [5.74, 6) is 0.538. The van der Waals surface area contributed by atoms with E-state index in [1.165, 1.54) is 23.7 Å². The van der Waals surface area contributed by atoms with Crippen molar-refractivity contribution in [2.24, 2.45) is 0 Å². The van der Waals surface area contributed by atoms with Crippen LogP contribution in [-0.2, 0) is 10.9 Å². The molecule has 37 heavy (non-hydrogen) atoms. The fourth-order valence-corrected chi connectivity index (χ4v) is 5.26. The van der Waals surface area contributed by atoms with Gasteiger partial charge in [0.1, 0.15) is 24.3 Å². The van der Waals surface area contributed by atoms with Gasteiger partial charge in [-0.3, -0.25) is 0 Å². The van der Waals surface area contributed by atoms with E-state index in [4.69, 9.17) is 10.5 Å². The highest BCUT2D eigenvalue weighted by atomic mass is 32.1. The number of rotatable bonds is 4. The summed E-state index contributed by atoms with van der Waals surface area (Å²) in [7, 11) is 1.88. The number of thiophene rings is 1. The van der Waals surface area contributed by atoms with Crippen molar-refractivity contribution in [1.29, 1.82) is 0 Å². The van der Waals surface area contributed by atoms with E-state index in [-0.39, 0.29) is 16.3 Å². The van der Waals surface area contributed by atoms with Gasteiger partial charge in [-0.05, 0) is 69.2 Å². The summed E-state index contributed by atoms with van der Waals surface area (Å²) in [4.78, 5) is 22.5. The van der Waals surface area contributed by atoms with E-state index in [9.17, 15) is 18.0 Å². The lowest BCUT2D eigenvalue weighted by Crippen LogP contribution is -2.53. The Morgan fingerprint density at radius 2 is 1.92 bits per heavy atom. The van der Waals surface area contributed by atoms with Gasteiger partial charge in [-0.15, -0.1) is 11.3 Å². The van der Waals surface area contributed by atoms with E-state index in [2.05, 4.69) is 21.4 Å². The zero-order chi connectivity index (χ0) is 27.2. The molecule has 3 aromatic rings. The molecule has 0 aliphatic carbocycles. The minimum absolute atomic E-state index is 0.0470. The van der Waals surface area contributed by atoms with E-state index < -0.39 is 23.4 Å². The number of amides is 1. The fraction of sp³-hybridized carbons (Fsp3) is 0.423. The second kappa shape index (κ2) is 9.60. The van der Waals surface area contributed by atoms with Gasteiger partial charge in [0, 0.05) is 17.0 Å². The standard InChI is InChI=1S/C26H31F3N5O2S/c1-15(17-10-18(26(27,28)29)12-19(30)11-17)33-23-22-20(31-14-32-23)13-21(37-22)16-6-8-34(5,9-7-16)24(35)36-25(2,3)4/h6,10-15H,7-9,30H2,1-5H3,(H,31,32,33)/q+1/t15-,34+/m1/s1. The Morgan fingerprint density at radius 1 is 1.19 bits per heavy atom. The van der Waals surface area contributed by atoms with Crippen molar-refractivity contribution in [1.82, 2.24) is 9.97 Å². The van der Waals surface area contributed by atoms with E-state index in [0.717, 1.165) is 32.8 Å². The molecule has 198 valence electrons. The van der Waals surface area contributed by atoms with Crippen molar-refractivity contribution in [2.45, 2.75) is 51.9 Å². The number of anilines is 2. The number of carbonyl (C=O) groups excluding carboxylic acids is 1. The summed E-state index contributed by atoms with van der Waals surface area (Å²) in [6.45, 7) is 8.46. The Balaban J connectivity index is 1.56. The van der Waals surface area contributed by atoms with Crippen molar-refractivity contribution in [3.8, 4) is 0 Å². The molecule has 1 aliphatic rings. The molecule has 4 rings (SSSR count). The van der Waals surface area contributed by atoms with Gasteiger partial charge in [0.15, 0.2) is 0 Å². The highest BCUT2D eigenvalue weighted by Crippen LogP contribution is 2.38. The number of alkyl halides is 3. The number of quaternary nitrogens is 1. The molecule has 0 fully saturated rings. The average Bonchev–Trinajstić information content (AvgIpc) is 3.23. The third kappa shape index (κ3) is 6.04. The lowest BCUT2D eigenvalue weighted by molar-refractivity contribution is -0.833. The van der Waals surface area contributed by atoms with Crippen LogP contribution in [0.3, 0.4) is 0 Å². The van der Waals surface area contributed by atoms with E-state index in [1.807, 2.05) is 33.9 Å². The maximum absolute atomic E-state index is 13.3. The van der Waals surface area contributed by atoms with Crippen molar-refractivity contribution in [3.63, 3.8) is 0 Å². The fourth-order valence-electron chi connectivity index (χ4n) is 4.13. The molecule has 3 heterocycles. The minimum atomic E-state index is -4.49. The molecule has 1 amide bonds. The highest BCUT2D eigenvalue weighted by molar-refractivity contribution is 7.20. The maximum atomic E-state index is 13.3. The molecule has 0 bridgehead atoms. The zero-order valence-corrected chi connectivity index (χ0v) is 22.3. The van der Waals surface area contributed by atoms with Gasteiger partial charge in [0.05, 0.1) is 35.4 Å². The second-order valence-electron chi connectivity index (χ2n) is 10.6. The Bertz CT molecular complexity index is 1360. The number of hydrogen-bond acceptors (Lipinski definition) is 7. The van der Waals surface area contributed by atoms with Crippen molar-refractivity contribution in [3.05, 3.63) is 52.7 Å². The summed E-state index contributed by atoms with van der Waals surface area (Å²) >= 11 is 1.51.